The zero-order valence-corrected chi connectivity index (χ0v) is 15.7. The van der Waals surface area contributed by atoms with Crippen LogP contribution in [0.25, 0.3) is 11.0 Å². The fourth-order valence-corrected chi connectivity index (χ4v) is 3.25. The van der Waals surface area contributed by atoms with Gasteiger partial charge in [-0.05, 0) is 45.7 Å². The predicted molar refractivity (Wildman–Crippen MR) is 99.0 cm³/mol. The van der Waals surface area contributed by atoms with E-state index in [0.717, 1.165) is 29.9 Å². The second kappa shape index (κ2) is 7.02. The summed E-state index contributed by atoms with van der Waals surface area (Å²) in [5.74, 6) is 0.562. The number of carbonyl (C=O) groups is 1. The fourth-order valence-electron chi connectivity index (χ4n) is 3.25. The lowest BCUT2D eigenvalue weighted by molar-refractivity contribution is 0.00642. The Morgan fingerprint density at radius 3 is 2.36 bits per heavy atom. The van der Waals surface area contributed by atoms with Gasteiger partial charge in [0.2, 0.25) is 0 Å². The van der Waals surface area contributed by atoms with Gasteiger partial charge in [0, 0.05) is 20.1 Å². The Kier molecular flexibility index (Phi) is 4.97. The molecule has 0 unspecified atom stereocenters. The molecule has 6 nitrogen and oxygen atoms in total. The van der Waals surface area contributed by atoms with Crippen molar-refractivity contribution in [3.05, 3.63) is 17.8 Å². The first-order valence-electron chi connectivity index (χ1n) is 9.17. The van der Waals surface area contributed by atoms with E-state index in [2.05, 4.69) is 10.00 Å². The zero-order valence-electron chi connectivity index (χ0n) is 15.7. The Labute approximate surface area is 149 Å². The Morgan fingerprint density at radius 1 is 1.08 bits per heavy atom. The molecule has 0 N–H and O–H groups in total. The van der Waals surface area contributed by atoms with Crippen LogP contribution in [0, 0.1) is 0 Å². The number of hydrogen-bond acceptors (Lipinski definition) is 5. The van der Waals surface area contributed by atoms with Gasteiger partial charge < -0.3 is 9.64 Å². The molecule has 0 spiro atoms. The highest BCUT2D eigenvalue weighted by atomic mass is 16.6. The van der Waals surface area contributed by atoms with Crippen LogP contribution in [-0.4, -0.2) is 39.4 Å². The van der Waals surface area contributed by atoms with Crippen LogP contribution < -0.4 is 4.90 Å². The molecular formula is C19H28N4O2. The van der Waals surface area contributed by atoms with Crippen molar-refractivity contribution in [1.82, 2.24) is 14.8 Å². The molecule has 0 bridgehead atoms. The van der Waals surface area contributed by atoms with Gasteiger partial charge in [-0.3, -0.25) is 0 Å². The minimum absolute atomic E-state index is 0.333. The van der Waals surface area contributed by atoms with Crippen LogP contribution in [0.3, 0.4) is 0 Å². The highest BCUT2D eigenvalue weighted by molar-refractivity contribution is 6.01. The minimum atomic E-state index is -0.543. The van der Waals surface area contributed by atoms with Crippen LogP contribution in [0.2, 0.25) is 0 Å². The van der Waals surface area contributed by atoms with Crippen LogP contribution in [0.4, 0.5) is 5.82 Å². The Bertz CT molecular complexity index is 753. The number of fused-ring (bicyclic) bond motifs is 1. The van der Waals surface area contributed by atoms with E-state index in [9.17, 15) is 4.79 Å². The molecule has 2 aromatic heterocycles. The summed E-state index contributed by atoms with van der Waals surface area (Å²) in [5, 5.41) is 5.10. The molecule has 2 aromatic rings. The summed E-state index contributed by atoms with van der Waals surface area (Å²) < 4.78 is 7.14. The zero-order chi connectivity index (χ0) is 18.0. The molecular weight excluding hydrogens is 316 g/mol. The molecule has 1 saturated heterocycles. The highest BCUT2D eigenvalue weighted by Crippen LogP contribution is 2.24. The van der Waals surface area contributed by atoms with Crippen LogP contribution in [-0.2, 0) is 11.8 Å². The molecule has 1 aliphatic rings. The van der Waals surface area contributed by atoms with Gasteiger partial charge >= 0.3 is 5.97 Å². The first-order valence-corrected chi connectivity index (χ1v) is 9.17. The summed E-state index contributed by atoms with van der Waals surface area (Å²) >= 11 is 0. The predicted octanol–water partition coefficient (Wildman–Crippen LogP) is 3.69. The minimum Gasteiger partial charge on any atom is -0.455 e. The Hall–Kier alpha value is -2.11. The molecule has 0 radical (unpaired) electrons. The average molecular weight is 344 g/mol. The molecule has 6 heteroatoms. The molecule has 25 heavy (non-hydrogen) atoms. The largest absolute Gasteiger partial charge is 0.455 e. The summed E-state index contributed by atoms with van der Waals surface area (Å²) in [5.41, 5.74) is 0.512. The molecule has 0 atom stereocenters. The summed E-state index contributed by atoms with van der Waals surface area (Å²) in [7, 11) is 1.82. The van der Waals surface area contributed by atoms with Crippen molar-refractivity contribution in [1.29, 1.82) is 0 Å². The van der Waals surface area contributed by atoms with Crippen LogP contribution >= 0.6 is 0 Å². The van der Waals surface area contributed by atoms with Gasteiger partial charge in [0.1, 0.15) is 11.4 Å². The molecule has 3 heterocycles. The number of nitrogens with zero attached hydrogens (tertiary/aromatic N) is 4. The normalized spacial score (nSPS) is 16.6. The van der Waals surface area contributed by atoms with Crippen LogP contribution in [0.5, 0.6) is 0 Å². The lowest BCUT2D eigenvalue weighted by atomic mass is 10.1. The van der Waals surface area contributed by atoms with Crippen molar-refractivity contribution in [2.24, 2.45) is 7.05 Å². The Balaban J connectivity index is 1.91. The third-order valence-electron chi connectivity index (χ3n) is 4.44. The molecule has 1 aliphatic heterocycles. The summed E-state index contributed by atoms with van der Waals surface area (Å²) in [6.45, 7) is 7.64. The quantitative estimate of drug-likeness (QED) is 0.778. The van der Waals surface area contributed by atoms with Crippen molar-refractivity contribution in [2.45, 2.75) is 58.5 Å². The first kappa shape index (κ1) is 17.7. The SMILES string of the molecule is Cn1nc(C(=O)OC(C)(C)C)c2ccc(N3CCCCCCC3)nc21. The molecule has 1 fully saturated rings. The second-order valence-electron chi connectivity index (χ2n) is 7.77. The van der Waals surface area contributed by atoms with Crippen molar-refractivity contribution in [2.75, 3.05) is 18.0 Å². The van der Waals surface area contributed by atoms with E-state index >= 15 is 0 Å². The van der Waals surface area contributed by atoms with Crippen molar-refractivity contribution >= 4 is 22.8 Å². The second-order valence-corrected chi connectivity index (χ2v) is 7.77. The summed E-state index contributed by atoms with van der Waals surface area (Å²) in [6.07, 6.45) is 6.31. The van der Waals surface area contributed by atoms with Gasteiger partial charge in [-0.2, -0.15) is 5.10 Å². The third kappa shape index (κ3) is 4.11. The number of pyridine rings is 1. The number of hydrogen-bond donors (Lipinski definition) is 0. The van der Waals surface area contributed by atoms with E-state index < -0.39 is 11.6 Å². The van der Waals surface area contributed by atoms with Crippen molar-refractivity contribution in [3.63, 3.8) is 0 Å². The Morgan fingerprint density at radius 2 is 1.72 bits per heavy atom. The number of esters is 1. The topological polar surface area (TPSA) is 60.3 Å². The van der Waals surface area contributed by atoms with Gasteiger partial charge in [0.05, 0.1) is 5.39 Å². The number of ether oxygens (including phenoxy) is 1. The number of anilines is 1. The smallest absolute Gasteiger partial charge is 0.360 e. The van der Waals surface area contributed by atoms with Gasteiger partial charge in [-0.15, -0.1) is 0 Å². The first-order chi connectivity index (χ1) is 11.8. The van der Waals surface area contributed by atoms with E-state index in [1.807, 2.05) is 40.0 Å². The van der Waals surface area contributed by atoms with Gasteiger partial charge in [-0.25, -0.2) is 14.5 Å². The maximum atomic E-state index is 12.4. The third-order valence-corrected chi connectivity index (χ3v) is 4.44. The molecule has 0 amide bonds. The number of aromatic nitrogens is 3. The lowest BCUT2D eigenvalue weighted by Gasteiger charge is -2.25. The maximum Gasteiger partial charge on any atom is 0.360 e. The van der Waals surface area contributed by atoms with E-state index in [0.29, 0.717) is 5.69 Å². The van der Waals surface area contributed by atoms with Crippen molar-refractivity contribution < 1.29 is 9.53 Å². The number of aryl methyl sites for hydroxylation is 1. The molecule has 0 aromatic carbocycles. The van der Waals surface area contributed by atoms with E-state index in [1.54, 1.807) is 4.68 Å². The van der Waals surface area contributed by atoms with Gasteiger partial charge in [-0.1, -0.05) is 19.3 Å². The highest BCUT2D eigenvalue weighted by Gasteiger charge is 2.24. The molecule has 0 saturated carbocycles. The van der Waals surface area contributed by atoms with E-state index in [1.165, 1.54) is 32.1 Å². The molecule has 0 aliphatic carbocycles. The number of rotatable bonds is 2. The van der Waals surface area contributed by atoms with Gasteiger partial charge in [0.25, 0.3) is 0 Å². The molecule has 3 rings (SSSR count). The summed E-state index contributed by atoms with van der Waals surface area (Å²) in [4.78, 5) is 19.6. The van der Waals surface area contributed by atoms with Crippen LogP contribution in [0.15, 0.2) is 12.1 Å². The van der Waals surface area contributed by atoms with Crippen LogP contribution in [0.1, 0.15) is 63.4 Å². The average Bonchev–Trinajstić information content (AvgIpc) is 2.82. The monoisotopic (exact) mass is 344 g/mol. The fraction of sp³-hybridized carbons (Fsp3) is 0.632. The molecule has 136 valence electrons. The maximum absolute atomic E-state index is 12.4. The van der Waals surface area contributed by atoms with E-state index in [-0.39, 0.29) is 0 Å². The van der Waals surface area contributed by atoms with Gasteiger partial charge in [0.15, 0.2) is 11.3 Å². The lowest BCUT2D eigenvalue weighted by Crippen LogP contribution is -2.27. The summed E-state index contributed by atoms with van der Waals surface area (Å²) in [6, 6.07) is 3.95. The number of carbonyl (C=O) groups excluding carboxylic acids is 1. The standard InChI is InChI=1S/C19H28N4O2/c1-19(2,3)25-18(24)16-14-10-11-15(20-17(14)22(4)21-16)23-12-8-6-5-7-9-13-23/h10-11H,5-9,12-13H2,1-4H3. The van der Waals surface area contributed by atoms with Crippen molar-refractivity contribution in [3.8, 4) is 0 Å². The van der Waals surface area contributed by atoms with E-state index in [4.69, 9.17) is 9.72 Å².